The molecule has 1 aliphatic rings. The molecule has 0 amide bonds. The minimum Gasteiger partial charge on any atom is -0.361 e. The Kier molecular flexibility index (Phi) is 3.83. The van der Waals surface area contributed by atoms with Crippen LogP contribution < -0.4 is 5.56 Å². The predicted octanol–water partition coefficient (Wildman–Crippen LogP) is 2.87. The van der Waals surface area contributed by atoms with E-state index in [1.807, 2.05) is 18.3 Å². The molecule has 0 saturated carbocycles. The molecule has 3 aromatic heterocycles. The second-order valence-electron chi connectivity index (χ2n) is 6.90. The lowest BCUT2D eigenvalue weighted by Gasteiger charge is -2.28. The van der Waals surface area contributed by atoms with Gasteiger partial charge in [0.15, 0.2) is 0 Å². The summed E-state index contributed by atoms with van der Waals surface area (Å²) < 4.78 is 0. The summed E-state index contributed by atoms with van der Waals surface area (Å²) in [5.74, 6) is 0.606. The number of aromatic amines is 2. The minimum atomic E-state index is -0.0297. The summed E-state index contributed by atoms with van der Waals surface area (Å²) in [6, 6.07) is 12.2. The van der Waals surface area contributed by atoms with Crippen LogP contribution in [0.2, 0.25) is 0 Å². The third-order valence-corrected chi connectivity index (χ3v) is 5.17. The van der Waals surface area contributed by atoms with Crippen molar-refractivity contribution in [3.05, 3.63) is 82.2 Å². The molecule has 4 heterocycles. The van der Waals surface area contributed by atoms with Crippen molar-refractivity contribution in [1.82, 2.24) is 24.8 Å². The Morgan fingerprint density at radius 1 is 1.11 bits per heavy atom. The molecule has 0 saturated heterocycles. The normalized spacial score (nSPS) is 14.4. The Bertz CT molecular complexity index is 1160. The van der Waals surface area contributed by atoms with Crippen molar-refractivity contribution < 1.29 is 0 Å². The molecule has 0 atom stereocenters. The van der Waals surface area contributed by atoms with Crippen LogP contribution in [0.4, 0.5) is 0 Å². The van der Waals surface area contributed by atoms with Gasteiger partial charge in [-0.1, -0.05) is 18.2 Å². The summed E-state index contributed by atoms with van der Waals surface area (Å²) in [6.45, 7) is 2.36. The summed E-state index contributed by atoms with van der Waals surface area (Å²) in [4.78, 5) is 29.9. The molecule has 0 bridgehead atoms. The smallest absolute Gasteiger partial charge is 0.254 e. The van der Waals surface area contributed by atoms with Gasteiger partial charge in [-0.15, -0.1) is 0 Å². The van der Waals surface area contributed by atoms with Gasteiger partial charge in [0.05, 0.1) is 5.69 Å². The number of hydrogen-bond acceptors (Lipinski definition) is 4. The third-order valence-electron chi connectivity index (χ3n) is 5.17. The summed E-state index contributed by atoms with van der Waals surface area (Å²) in [7, 11) is 0. The van der Waals surface area contributed by atoms with E-state index in [2.05, 4.69) is 44.1 Å². The van der Waals surface area contributed by atoms with Gasteiger partial charge in [-0.3, -0.25) is 14.7 Å². The Morgan fingerprint density at radius 3 is 2.89 bits per heavy atom. The molecule has 0 fully saturated rings. The van der Waals surface area contributed by atoms with Crippen molar-refractivity contribution in [3.8, 4) is 11.4 Å². The largest absolute Gasteiger partial charge is 0.361 e. The van der Waals surface area contributed by atoms with Gasteiger partial charge in [-0.05, 0) is 35.6 Å². The van der Waals surface area contributed by atoms with Gasteiger partial charge >= 0.3 is 0 Å². The molecule has 1 aliphatic heterocycles. The molecule has 0 aliphatic carbocycles. The number of rotatable bonds is 3. The van der Waals surface area contributed by atoms with Crippen LogP contribution >= 0.6 is 0 Å². The number of benzene rings is 1. The average Bonchev–Trinajstić information content (AvgIpc) is 3.18. The SMILES string of the molecule is O=c1[nH]c(-c2ccncc2)nc2c1CCN(Cc1cccc3cc[nH]c13)C2. The fraction of sp³-hybridized carbons (Fsp3) is 0.190. The van der Waals surface area contributed by atoms with E-state index in [1.54, 1.807) is 12.4 Å². The van der Waals surface area contributed by atoms with Gasteiger partial charge in [-0.25, -0.2) is 4.98 Å². The lowest BCUT2D eigenvalue weighted by molar-refractivity contribution is 0.241. The fourth-order valence-corrected chi connectivity index (χ4v) is 3.80. The van der Waals surface area contributed by atoms with E-state index in [-0.39, 0.29) is 5.56 Å². The van der Waals surface area contributed by atoms with Crippen molar-refractivity contribution >= 4 is 10.9 Å². The summed E-state index contributed by atoms with van der Waals surface area (Å²) in [6.07, 6.45) is 6.10. The zero-order valence-corrected chi connectivity index (χ0v) is 14.8. The van der Waals surface area contributed by atoms with Crippen LogP contribution in [0.3, 0.4) is 0 Å². The molecular weight excluding hydrogens is 338 g/mol. The summed E-state index contributed by atoms with van der Waals surface area (Å²) >= 11 is 0. The summed E-state index contributed by atoms with van der Waals surface area (Å²) in [5, 5.41) is 1.22. The first kappa shape index (κ1) is 16.0. The van der Waals surface area contributed by atoms with Crippen molar-refractivity contribution in [2.24, 2.45) is 0 Å². The lowest BCUT2D eigenvalue weighted by Crippen LogP contribution is -2.35. The van der Waals surface area contributed by atoms with E-state index >= 15 is 0 Å². The van der Waals surface area contributed by atoms with Crippen molar-refractivity contribution in [2.75, 3.05) is 6.54 Å². The quantitative estimate of drug-likeness (QED) is 0.591. The van der Waals surface area contributed by atoms with Crippen LogP contribution in [0.1, 0.15) is 16.8 Å². The number of fused-ring (bicyclic) bond motifs is 2. The molecule has 6 heteroatoms. The Balaban J connectivity index is 1.46. The number of nitrogens with one attached hydrogen (secondary N) is 2. The Morgan fingerprint density at radius 2 is 2.00 bits per heavy atom. The highest BCUT2D eigenvalue weighted by Gasteiger charge is 2.22. The first-order chi connectivity index (χ1) is 13.3. The topological polar surface area (TPSA) is 77.7 Å². The molecule has 0 unspecified atom stereocenters. The van der Waals surface area contributed by atoms with E-state index in [0.29, 0.717) is 12.4 Å². The molecule has 4 aromatic rings. The van der Waals surface area contributed by atoms with Crippen molar-refractivity contribution in [1.29, 1.82) is 0 Å². The van der Waals surface area contributed by atoms with Crippen LogP contribution in [-0.4, -0.2) is 31.4 Å². The molecule has 5 rings (SSSR count). The zero-order chi connectivity index (χ0) is 18.2. The molecule has 27 heavy (non-hydrogen) atoms. The first-order valence-electron chi connectivity index (χ1n) is 9.08. The monoisotopic (exact) mass is 357 g/mol. The van der Waals surface area contributed by atoms with Crippen LogP contribution in [0.15, 0.2) is 59.8 Å². The number of hydrogen-bond donors (Lipinski definition) is 2. The predicted molar refractivity (Wildman–Crippen MR) is 104 cm³/mol. The molecule has 1 aromatic carbocycles. The molecular formula is C21H19N5O. The maximum atomic E-state index is 12.5. The standard InChI is InChI=1S/C21H19N5O/c27-21-17-7-11-26(12-16-3-1-2-14-6-10-23-19(14)16)13-18(17)24-20(25-21)15-4-8-22-9-5-15/h1-6,8-10,23H,7,11-13H2,(H,24,25,27). The fourth-order valence-electron chi connectivity index (χ4n) is 3.80. The van der Waals surface area contributed by atoms with Gasteiger partial charge in [0.1, 0.15) is 5.82 Å². The molecule has 0 radical (unpaired) electrons. The number of nitrogens with zero attached hydrogens (tertiary/aromatic N) is 3. The molecule has 2 N–H and O–H groups in total. The van der Waals surface area contributed by atoms with Gasteiger partial charge in [0.25, 0.3) is 5.56 Å². The second kappa shape index (κ2) is 6.48. The first-order valence-corrected chi connectivity index (χ1v) is 9.08. The van der Waals surface area contributed by atoms with Crippen LogP contribution in [0.5, 0.6) is 0 Å². The van der Waals surface area contributed by atoms with E-state index in [0.717, 1.165) is 36.3 Å². The van der Waals surface area contributed by atoms with E-state index in [4.69, 9.17) is 4.98 Å². The Labute approximate surface area is 155 Å². The van der Waals surface area contributed by atoms with Crippen molar-refractivity contribution in [2.45, 2.75) is 19.5 Å². The van der Waals surface area contributed by atoms with Gasteiger partial charge in [0, 0.05) is 54.9 Å². The molecule has 134 valence electrons. The Hall–Kier alpha value is -3.25. The van der Waals surface area contributed by atoms with E-state index in [9.17, 15) is 4.79 Å². The van der Waals surface area contributed by atoms with E-state index < -0.39 is 0 Å². The van der Waals surface area contributed by atoms with Gasteiger partial charge < -0.3 is 9.97 Å². The minimum absolute atomic E-state index is 0.0297. The maximum absolute atomic E-state index is 12.5. The number of H-pyrrole nitrogens is 2. The highest BCUT2D eigenvalue weighted by atomic mass is 16.1. The molecule has 0 spiro atoms. The van der Waals surface area contributed by atoms with Gasteiger partial charge in [-0.2, -0.15) is 0 Å². The van der Waals surface area contributed by atoms with Gasteiger partial charge in [0.2, 0.25) is 0 Å². The summed E-state index contributed by atoms with van der Waals surface area (Å²) in [5.41, 5.74) is 4.97. The second-order valence-corrected chi connectivity index (χ2v) is 6.90. The number of aromatic nitrogens is 4. The number of pyridine rings is 1. The maximum Gasteiger partial charge on any atom is 0.254 e. The number of para-hydroxylation sites is 1. The van der Waals surface area contributed by atoms with Crippen LogP contribution in [0.25, 0.3) is 22.3 Å². The highest BCUT2D eigenvalue weighted by Crippen LogP contribution is 2.23. The zero-order valence-electron chi connectivity index (χ0n) is 14.8. The average molecular weight is 357 g/mol. The highest BCUT2D eigenvalue weighted by molar-refractivity contribution is 5.82. The van der Waals surface area contributed by atoms with Crippen LogP contribution in [0, 0.1) is 0 Å². The lowest BCUT2D eigenvalue weighted by atomic mass is 10.0. The van der Waals surface area contributed by atoms with E-state index in [1.165, 1.54) is 16.5 Å². The third kappa shape index (κ3) is 2.94. The molecule has 6 nitrogen and oxygen atoms in total. The van der Waals surface area contributed by atoms with Crippen LogP contribution in [-0.2, 0) is 19.5 Å². The van der Waals surface area contributed by atoms with Crippen molar-refractivity contribution in [3.63, 3.8) is 0 Å².